The Hall–Kier alpha value is -1.00. The molecule has 2 saturated heterocycles. The highest BCUT2D eigenvalue weighted by atomic mass is 16.5. The van der Waals surface area contributed by atoms with Crippen LogP contribution in [-0.2, 0) is 4.74 Å². The van der Waals surface area contributed by atoms with Gasteiger partial charge < -0.3 is 9.64 Å². The topological polar surface area (TPSA) is 38.2 Å². The zero-order chi connectivity index (χ0) is 13.8. The summed E-state index contributed by atoms with van der Waals surface area (Å²) in [5.74, 6) is 1.39. The number of aromatic nitrogens is 2. The standard InChI is InChI=1S/C16H25N3O/c1-13-9-17-10-16(18-13)15-3-2-6-19(12-15)11-14-4-7-20-8-5-14/h9-10,14-15H,2-8,11-12H2,1H3/t15-/m1/s1. The summed E-state index contributed by atoms with van der Waals surface area (Å²) < 4.78 is 5.46. The molecule has 0 aromatic carbocycles. The first-order valence-corrected chi connectivity index (χ1v) is 7.90. The van der Waals surface area contributed by atoms with Crippen molar-refractivity contribution in [2.24, 2.45) is 5.92 Å². The third kappa shape index (κ3) is 3.55. The lowest BCUT2D eigenvalue weighted by Crippen LogP contribution is -2.39. The van der Waals surface area contributed by atoms with Crippen LogP contribution in [0.25, 0.3) is 0 Å². The number of ether oxygens (including phenoxy) is 1. The van der Waals surface area contributed by atoms with E-state index >= 15 is 0 Å². The quantitative estimate of drug-likeness (QED) is 0.849. The van der Waals surface area contributed by atoms with Crippen molar-refractivity contribution in [3.05, 3.63) is 23.8 Å². The van der Waals surface area contributed by atoms with Gasteiger partial charge in [-0.15, -0.1) is 0 Å². The Kier molecular flexibility index (Phi) is 4.63. The zero-order valence-corrected chi connectivity index (χ0v) is 12.4. The van der Waals surface area contributed by atoms with Crippen LogP contribution in [0.1, 0.15) is 43.0 Å². The van der Waals surface area contributed by atoms with Gasteiger partial charge in [0.15, 0.2) is 0 Å². The smallest absolute Gasteiger partial charge is 0.0633 e. The van der Waals surface area contributed by atoms with Crippen molar-refractivity contribution in [1.82, 2.24) is 14.9 Å². The fourth-order valence-corrected chi connectivity index (χ4v) is 3.44. The van der Waals surface area contributed by atoms with E-state index in [0.717, 1.165) is 31.4 Å². The molecule has 0 spiro atoms. The molecule has 0 unspecified atom stereocenters. The largest absolute Gasteiger partial charge is 0.381 e. The lowest BCUT2D eigenvalue weighted by Gasteiger charge is -2.35. The van der Waals surface area contributed by atoms with Crippen molar-refractivity contribution in [2.45, 2.75) is 38.5 Å². The van der Waals surface area contributed by atoms with Crippen molar-refractivity contribution >= 4 is 0 Å². The van der Waals surface area contributed by atoms with Crippen LogP contribution < -0.4 is 0 Å². The molecule has 20 heavy (non-hydrogen) atoms. The summed E-state index contributed by atoms with van der Waals surface area (Å²) in [4.78, 5) is 11.6. The molecule has 1 aromatic heterocycles. The van der Waals surface area contributed by atoms with E-state index in [2.05, 4.69) is 14.9 Å². The van der Waals surface area contributed by atoms with E-state index in [-0.39, 0.29) is 0 Å². The van der Waals surface area contributed by atoms with E-state index in [1.807, 2.05) is 19.3 Å². The van der Waals surface area contributed by atoms with Crippen LogP contribution in [0.4, 0.5) is 0 Å². The number of hydrogen-bond acceptors (Lipinski definition) is 4. The Bertz CT molecular complexity index is 431. The molecule has 0 N–H and O–H groups in total. The van der Waals surface area contributed by atoms with Crippen LogP contribution in [-0.4, -0.2) is 47.7 Å². The first-order valence-electron chi connectivity index (χ1n) is 7.90. The van der Waals surface area contributed by atoms with E-state index in [4.69, 9.17) is 4.74 Å². The van der Waals surface area contributed by atoms with Crippen molar-refractivity contribution in [3.63, 3.8) is 0 Å². The molecule has 0 aliphatic carbocycles. The maximum atomic E-state index is 5.46. The van der Waals surface area contributed by atoms with Crippen molar-refractivity contribution < 1.29 is 4.74 Å². The predicted molar refractivity (Wildman–Crippen MR) is 78.7 cm³/mol. The molecular formula is C16H25N3O. The number of aryl methyl sites for hydroxylation is 1. The average molecular weight is 275 g/mol. The van der Waals surface area contributed by atoms with Gasteiger partial charge >= 0.3 is 0 Å². The Morgan fingerprint density at radius 1 is 1.25 bits per heavy atom. The molecule has 4 heteroatoms. The van der Waals surface area contributed by atoms with Gasteiger partial charge in [0.1, 0.15) is 0 Å². The Morgan fingerprint density at radius 3 is 2.90 bits per heavy atom. The summed E-state index contributed by atoms with van der Waals surface area (Å²) in [6.07, 6.45) is 8.78. The monoisotopic (exact) mass is 275 g/mol. The summed E-state index contributed by atoms with van der Waals surface area (Å²) in [5, 5.41) is 0. The molecule has 0 radical (unpaired) electrons. The van der Waals surface area contributed by atoms with Gasteiger partial charge in [-0.25, -0.2) is 0 Å². The maximum absolute atomic E-state index is 5.46. The molecule has 0 saturated carbocycles. The molecule has 0 bridgehead atoms. The predicted octanol–water partition coefficient (Wildman–Crippen LogP) is 2.39. The summed E-state index contributed by atoms with van der Waals surface area (Å²) in [5.41, 5.74) is 2.21. The van der Waals surface area contributed by atoms with Crippen LogP contribution >= 0.6 is 0 Å². The minimum Gasteiger partial charge on any atom is -0.381 e. The van der Waals surface area contributed by atoms with Gasteiger partial charge in [0.05, 0.1) is 11.4 Å². The second-order valence-electron chi connectivity index (χ2n) is 6.24. The van der Waals surface area contributed by atoms with Gasteiger partial charge in [0.2, 0.25) is 0 Å². The second kappa shape index (κ2) is 6.64. The average Bonchev–Trinajstić information content (AvgIpc) is 2.49. The van der Waals surface area contributed by atoms with E-state index in [0.29, 0.717) is 5.92 Å². The number of likely N-dealkylation sites (tertiary alicyclic amines) is 1. The number of nitrogens with zero attached hydrogens (tertiary/aromatic N) is 3. The lowest BCUT2D eigenvalue weighted by molar-refractivity contribution is 0.0481. The molecule has 1 atom stereocenters. The Labute approximate surface area is 121 Å². The van der Waals surface area contributed by atoms with E-state index < -0.39 is 0 Å². The number of hydrogen-bond donors (Lipinski definition) is 0. The maximum Gasteiger partial charge on any atom is 0.0633 e. The van der Waals surface area contributed by atoms with E-state index in [1.54, 1.807) is 0 Å². The molecule has 3 heterocycles. The van der Waals surface area contributed by atoms with Gasteiger partial charge in [-0.2, -0.15) is 0 Å². The first kappa shape index (κ1) is 14.0. The van der Waals surface area contributed by atoms with Crippen LogP contribution in [0.3, 0.4) is 0 Å². The van der Waals surface area contributed by atoms with Crippen LogP contribution in [0.5, 0.6) is 0 Å². The van der Waals surface area contributed by atoms with Gasteiger partial charge in [0, 0.05) is 44.6 Å². The highest BCUT2D eigenvalue weighted by Gasteiger charge is 2.25. The van der Waals surface area contributed by atoms with E-state index in [1.165, 1.54) is 44.5 Å². The highest BCUT2D eigenvalue weighted by Crippen LogP contribution is 2.27. The van der Waals surface area contributed by atoms with Crippen LogP contribution in [0.15, 0.2) is 12.4 Å². The number of piperidine rings is 1. The first-order chi connectivity index (χ1) is 9.81. The zero-order valence-electron chi connectivity index (χ0n) is 12.4. The molecule has 4 nitrogen and oxygen atoms in total. The summed E-state index contributed by atoms with van der Waals surface area (Å²) >= 11 is 0. The summed E-state index contributed by atoms with van der Waals surface area (Å²) in [6, 6.07) is 0. The lowest BCUT2D eigenvalue weighted by atomic mass is 9.92. The SMILES string of the molecule is Cc1cncc([C@@H]2CCCN(CC3CCOCC3)C2)n1. The van der Waals surface area contributed by atoms with Crippen molar-refractivity contribution in [1.29, 1.82) is 0 Å². The van der Waals surface area contributed by atoms with Gasteiger partial charge in [-0.3, -0.25) is 9.97 Å². The third-order valence-corrected chi connectivity index (χ3v) is 4.55. The minimum absolute atomic E-state index is 0.566. The molecular weight excluding hydrogens is 250 g/mol. The molecule has 3 rings (SSSR count). The normalized spacial score (nSPS) is 25.8. The molecule has 2 aliphatic heterocycles. The highest BCUT2D eigenvalue weighted by molar-refractivity contribution is 5.09. The molecule has 1 aromatic rings. The van der Waals surface area contributed by atoms with Gasteiger partial charge in [-0.1, -0.05) is 0 Å². The second-order valence-corrected chi connectivity index (χ2v) is 6.24. The van der Waals surface area contributed by atoms with E-state index in [9.17, 15) is 0 Å². The van der Waals surface area contributed by atoms with Crippen LogP contribution in [0.2, 0.25) is 0 Å². The summed E-state index contributed by atoms with van der Waals surface area (Å²) in [7, 11) is 0. The minimum atomic E-state index is 0.566. The Morgan fingerprint density at radius 2 is 2.10 bits per heavy atom. The van der Waals surface area contributed by atoms with Crippen LogP contribution in [0, 0.1) is 12.8 Å². The van der Waals surface area contributed by atoms with Crippen molar-refractivity contribution in [3.8, 4) is 0 Å². The van der Waals surface area contributed by atoms with Crippen molar-refractivity contribution in [2.75, 3.05) is 32.8 Å². The van der Waals surface area contributed by atoms with Gasteiger partial charge in [0.25, 0.3) is 0 Å². The number of rotatable bonds is 3. The third-order valence-electron chi connectivity index (χ3n) is 4.55. The molecule has 2 fully saturated rings. The molecule has 110 valence electrons. The Balaban J connectivity index is 1.58. The summed E-state index contributed by atoms with van der Waals surface area (Å²) in [6.45, 7) is 7.55. The molecule has 0 amide bonds. The van der Waals surface area contributed by atoms with Gasteiger partial charge in [-0.05, 0) is 45.1 Å². The fraction of sp³-hybridized carbons (Fsp3) is 0.750. The fourth-order valence-electron chi connectivity index (χ4n) is 3.44. The molecule has 2 aliphatic rings.